The van der Waals surface area contributed by atoms with E-state index in [1.165, 1.54) is 29.7 Å². The van der Waals surface area contributed by atoms with Crippen LogP contribution in [0.1, 0.15) is 18.4 Å². The van der Waals surface area contributed by atoms with Crippen molar-refractivity contribution in [1.82, 2.24) is 10.5 Å². The smallest absolute Gasteiger partial charge is 0.265 e. The number of carbonyl (C=O) groups is 1. The lowest BCUT2D eigenvalue weighted by Gasteiger charge is -2.34. The van der Waals surface area contributed by atoms with Gasteiger partial charge in [-0.1, -0.05) is 6.07 Å². The average molecular weight is 436 g/mol. The van der Waals surface area contributed by atoms with E-state index in [-0.39, 0.29) is 31.0 Å². The summed E-state index contributed by atoms with van der Waals surface area (Å²) in [6, 6.07) is 9.58. The second-order valence-electron chi connectivity index (χ2n) is 6.78. The van der Waals surface area contributed by atoms with Crippen molar-refractivity contribution in [3.05, 3.63) is 54.4 Å². The molecular formula is C20H24N2O7S. The predicted molar refractivity (Wildman–Crippen MR) is 106 cm³/mol. The lowest BCUT2D eigenvalue weighted by atomic mass is 9.98. The zero-order valence-electron chi connectivity index (χ0n) is 16.3. The van der Waals surface area contributed by atoms with Gasteiger partial charge in [-0.25, -0.2) is 13.9 Å². The molecule has 1 aromatic carbocycles. The molecule has 3 rings (SSSR count). The summed E-state index contributed by atoms with van der Waals surface area (Å²) in [4.78, 5) is 16.2. The summed E-state index contributed by atoms with van der Waals surface area (Å²) in [5, 5.41) is 9.08. The molecule has 30 heavy (non-hydrogen) atoms. The number of carbonyl (C=O) groups excluding carboxylic acids is 1. The van der Waals surface area contributed by atoms with Crippen molar-refractivity contribution in [2.24, 2.45) is 0 Å². The highest BCUT2D eigenvalue weighted by Gasteiger charge is 2.52. The maximum Gasteiger partial charge on any atom is 0.265 e. The van der Waals surface area contributed by atoms with Gasteiger partial charge in [-0.15, -0.1) is 0 Å². The summed E-state index contributed by atoms with van der Waals surface area (Å²) in [6.07, 6.45) is 3.35. The van der Waals surface area contributed by atoms with Gasteiger partial charge in [0.05, 0.1) is 18.1 Å². The molecule has 0 radical (unpaired) electrons. The number of hydrogen-bond donors (Lipinski definition) is 2. The van der Waals surface area contributed by atoms with Crippen LogP contribution in [-0.4, -0.2) is 55.7 Å². The number of nitrogens with zero attached hydrogens (tertiary/aromatic N) is 1. The SMILES string of the molecule is O=C(NO)C1(S(=O)(=O)c2ccc(OCCOCc3cccnc3)cc2)CCOCC1. The standard InChI is InChI=1S/C20H24N2O7S/c23-19(22-24)20(7-10-27-11-8-20)30(25,26)18-5-3-17(4-6-18)29-13-12-28-15-16-2-1-9-21-14-16/h1-6,9,14,24H,7-8,10-13,15H2,(H,22,23). The Morgan fingerprint density at radius 3 is 2.53 bits per heavy atom. The minimum Gasteiger partial charge on any atom is -0.491 e. The van der Waals surface area contributed by atoms with Gasteiger partial charge in [0, 0.05) is 25.6 Å². The van der Waals surface area contributed by atoms with E-state index < -0.39 is 20.5 Å². The first-order chi connectivity index (χ1) is 14.5. The van der Waals surface area contributed by atoms with Gasteiger partial charge in [-0.3, -0.25) is 15.0 Å². The number of ether oxygens (including phenoxy) is 3. The van der Waals surface area contributed by atoms with Crippen LogP contribution in [0.25, 0.3) is 0 Å². The van der Waals surface area contributed by atoms with Crippen molar-refractivity contribution in [2.75, 3.05) is 26.4 Å². The van der Waals surface area contributed by atoms with Crippen molar-refractivity contribution in [3.63, 3.8) is 0 Å². The van der Waals surface area contributed by atoms with Crippen LogP contribution in [0.2, 0.25) is 0 Å². The first kappa shape index (κ1) is 22.2. The number of amides is 1. The quantitative estimate of drug-likeness (QED) is 0.344. The summed E-state index contributed by atoms with van der Waals surface area (Å²) in [7, 11) is -4.05. The van der Waals surface area contributed by atoms with E-state index in [9.17, 15) is 13.2 Å². The highest BCUT2D eigenvalue weighted by molar-refractivity contribution is 7.93. The van der Waals surface area contributed by atoms with Crippen LogP contribution < -0.4 is 10.2 Å². The Labute approximate surface area is 174 Å². The fourth-order valence-corrected chi connectivity index (χ4v) is 5.19. The minimum atomic E-state index is -4.05. The number of rotatable bonds is 9. The predicted octanol–water partition coefficient (Wildman–Crippen LogP) is 1.51. The topological polar surface area (TPSA) is 124 Å². The highest BCUT2D eigenvalue weighted by atomic mass is 32.2. The minimum absolute atomic E-state index is 0.0202. The van der Waals surface area contributed by atoms with Gasteiger partial charge in [0.1, 0.15) is 12.4 Å². The van der Waals surface area contributed by atoms with Crippen molar-refractivity contribution in [2.45, 2.75) is 29.1 Å². The van der Waals surface area contributed by atoms with Crippen molar-refractivity contribution >= 4 is 15.7 Å². The van der Waals surface area contributed by atoms with E-state index >= 15 is 0 Å². The zero-order chi connectivity index (χ0) is 21.5. The molecule has 0 bridgehead atoms. The van der Waals surface area contributed by atoms with Gasteiger partial charge in [-0.2, -0.15) is 0 Å². The van der Waals surface area contributed by atoms with Gasteiger partial charge < -0.3 is 14.2 Å². The Morgan fingerprint density at radius 1 is 1.17 bits per heavy atom. The molecule has 10 heteroatoms. The van der Waals surface area contributed by atoms with Gasteiger partial charge in [0.2, 0.25) is 0 Å². The Kier molecular flexibility index (Phi) is 7.38. The largest absolute Gasteiger partial charge is 0.491 e. The van der Waals surface area contributed by atoms with E-state index in [2.05, 4.69) is 4.98 Å². The first-order valence-corrected chi connectivity index (χ1v) is 10.9. The number of sulfone groups is 1. The van der Waals surface area contributed by atoms with Crippen LogP contribution in [0, 0.1) is 0 Å². The molecule has 162 valence electrons. The molecule has 1 aromatic heterocycles. The lowest BCUT2D eigenvalue weighted by Crippen LogP contribution is -2.54. The number of hydrogen-bond acceptors (Lipinski definition) is 8. The third kappa shape index (κ3) is 4.78. The molecule has 9 nitrogen and oxygen atoms in total. The molecule has 0 atom stereocenters. The summed E-state index contributed by atoms with van der Waals surface area (Å²) in [5.74, 6) is -0.469. The maximum absolute atomic E-state index is 13.2. The summed E-state index contributed by atoms with van der Waals surface area (Å²) in [5.41, 5.74) is 2.46. The van der Waals surface area contributed by atoms with Gasteiger partial charge in [0.15, 0.2) is 14.6 Å². The molecule has 0 spiro atoms. The second-order valence-corrected chi connectivity index (χ2v) is 9.04. The molecule has 2 heterocycles. The molecule has 1 aliphatic heterocycles. The van der Waals surface area contributed by atoms with Gasteiger partial charge in [0.25, 0.3) is 5.91 Å². The zero-order valence-corrected chi connectivity index (χ0v) is 17.1. The molecule has 0 aliphatic carbocycles. The number of hydroxylamine groups is 1. The Morgan fingerprint density at radius 2 is 1.90 bits per heavy atom. The number of nitrogens with one attached hydrogen (secondary N) is 1. The number of benzene rings is 1. The average Bonchev–Trinajstić information content (AvgIpc) is 2.79. The molecule has 0 saturated carbocycles. The molecule has 2 N–H and O–H groups in total. The van der Waals surface area contributed by atoms with Crippen LogP contribution in [-0.2, 0) is 30.7 Å². The molecule has 1 aliphatic rings. The van der Waals surface area contributed by atoms with Gasteiger partial charge >= 0.3 is 0 Å². The molecular weight excluding hydrogens is 412 g/mol. The van der Waals surface area contributed by atoms with E-state index in [0.717, 1.165) is 5.56 Å². The van der Waals surface area contributed by atoms with E-state index in [1.54, 1.807) is 12.4 Å². The Balaban J connectivity index is 1.59. The molecule has 2 aromatic rings. The van der Waals surface area contributed by atoms with Crippen LogP contribution in [0.4, 0.5) is 0 Å². The lowest BCUT2D eigenvalue weighted by molar-refractivity contribution is -0.134. The van der Waals surface area contributed by atoms with E-state index in [4.69, 9.17) is 19.4 Å². The molecule has 0 unspecified atom stereocenters. The molecule has 1 fully saturated rings. The molecule has 1 saturated heterocycles. The maximum atomic E-state index is 13.2. The van der Waals surface area contributed by atoms with Crippen molar-refractivity contribution in [1.29, 1.82) is 0 Å². The fourth-order valence-electron chi connectivity index (χ4n) is 3.25. The van der Waals surface area contributed by atoms with Crippen LogP contribution in [0.15, 0.2) is 53.7 Å². The Hall–Kier alpha value is -2.53. The first-order valence-electron chi connectivity index (χ1n) is 9.46. The monoisotopic (exact) mass is 436 g/mol. The summed E-state index contributed by atoms with van der Waals surface area (Å²) in [6.45, 7) is 1.31. The third-order valence-electron chi connectivity index (χ3n) is 4.95. The normalized spacial score (nSPS) is 16.0. The van der Waals surface area contributed by atoms with Gasteiger partial charge in [-0.05, 0) is 48.7 Å². The van der Waals surface area contributed by atoms with Crippen LogP contribution >= 0.6 is 0 Å². The summed E-state index contributed by atoms with van der Waals surface area (Å²) >= 11 is 0. The van der Waals surface area contributed by atoms with E-state index in [1.807, 2.05) is 12.1 Å². The second kappa shape index (κ2) is 9.98. The number of aromatic nitrogens is 1. The molecule has 1 amide bonds. The third-order valence-corrected chi connectivity index (χ3v) is 7.47. The fraction of sp³-hybridized carbons (Fsp3) is 0.400. The summed E-state index contributed by atoms with van der Waals surface area (Å²) < 4.78 is 40.8. The van der Waals surface area contributed by atoms with E-state index in [0.29, 0.717) is 25.6 Å². The van der Waals surface area contributed by atoms with Crippen LogP contribution in [0.3, 0.4) is 0 Å². The highest BCUT2D eigenvalue weighted by Crippen LogP contribution is 2.35. The number of pyridine rings is 1. The van der Waals surface area contributed by atoms with Crippen LogP contribution in [0.5, 0.6) is 5.75 Å². The van der Waals surface area contributed by atoms with Crippen molar-refractivity contribution < 1.29 is 32.6 Å². The van der Waals surface area contributed by atoms with Crippen molar-refractivity contribution in [3.8, 4) is 5.75 Å². The Bertz CT molecular complexity index is 927.